The molecule has 0 amide bonds. The number of ether oxygens (including phenoxy) is 1. The molecule has 0 aliphatic carbocycles. The van der Waals surface area contributed by atoms with Gasteiger partial charge in [0.15, 0.2) is 0 Å². The molecule has 2 aromatic heterocycles. The fourth-order valence-corrected chi connectivity index (χ4v) is 2.93. The molecule has 2 aromatic carbocycles. The third kappa shape index (κ3) is 4.12. The van der Waals surface area contributed by atoms with Gasteiger partial charge in [0.25, 0.3) is 0 Å². The number of hydrogen-bond acceptors (Lipinski definition) is 5. The second kappa shape index (κ2) is 8.31. The third-order valence-corrected chi connectivity index (χ3v) is 4.25. The first-order valence-corrected chi connectivity index (χ1v) is 8.99. The summed E-state index contributed by atoms with van der Waals surface area (Å²) in [6.07, 6.45) is 3.59. The summed E-state index contributed by atoms with van der Waals surface area (Å²) in [5.41, 5.74) is 2.71. The van der Waals surface area contributed by atoms with Crippen LogP contribution in [0.15, 0.2) is 73.2 Å². The summed E-state index contributed by atoms with van der Waals surface area (Å²) >= 11 is 0. The molecule has 0 aliphatic heterocycles. The van der Waals surface area contributed by atoms with Crippen LogP contribution in [0.2, 0.25) is 0 Å². The first kappa shape index (κ1) is 18.3. The van der Waals surface area contributed by atoms with Gasteiger partial charge in [0.2, 0.25) is 0 Å². The minimum Gasteiger partial charge on any atom is -0.424 e. The lowest BCUT2D eigenvalue weighted by Gasteiger charge is -2.10. The van der Waals surface area contributed by atoms with Crippen molar-refractivity contribution in [2.45, 2.75) is 13.0 Å². The number of imidazole rings is 1. The van der Waals surface area contributed by atoms with E-state index in [0.29, 0.717) is 35.8 Å². The number of halogens is 1. The largest absolute Gasteiger partial charge is 0.424 e. The number of nitrogens with zero attached hydrogens (tertiary/aromatic N) is 5. The molecule has 4 rings (SSSR count). The highest BCUT2D eigenvalue weighted by Crippen LogP contribution is 2.31. The maximum atomic E-state index is 13.4. The van der Waals surface area contributed by atoms with Gasteiger partial charge in [-0.05, 0) is 42.5 Å². The average molecular weight is 385 g/mol. The molecule has 0 radical (unpaired) electrons. The highest BCUT2D eigenvalue weighted by Gasteiger charge is 2.17. The van der Waals surface area contributed by atoms with Crippen LogP contribution in [0.5, 0.6) is 11.8 Å². The van der Waals surface area contributed by atoms with Crippen molar-refractivity contribution in [3.8, 4) is 40.5 Å². The minimum absolute atomic E-state index is 0.201. The summed E-state index contributed by atoms with van der Waals surface area (Å²) in [5, 5.41) is 8.98. The van der Waals surface area contributed by atoms with E-state index in [4.69, 9.17) is 10.00 Å². The van der Waals surface area contributed by atoms with E-state index in [9.17, 15) is 4.39 Å². The van der Waals surface area contributed by atoms with Gasteiger partial charge in [-0.2, -0.15) is 10.2 Å². The monoisotopic (exact) mass is 385 g/mol. The van der Waals surface area contributed by atoms with Crippen molar-refractivity contribution in [3.05, 3.63) is 79.0 Å². The first-order valence-electron chi connectivity index (χ1n) is 8.99. The molecule has 0 bridgehead atoms. The zero-order valence-corrected chi connectivity index (χ0v) is 15.4. The summed E-state index contributed by atoms with van der Waals surface area (Å²) in [6.45, 7) is 0.457. The summed E-state index contributed by atoms with van der Waals surface area (Å²) < 4.78 is 21.0. The lowest BCUT2D eigenvalue weighted by molar-refractivity contribution is 0.442. The Balaban J connectivity index is 1.76. The van der Waals surface area contributed by atoms with Crippen molar-refractivity contribution >= 4 is 0 Å². The van der Waals surface area contributed by atoms with Crippen LogP contribution in [0.3, 0.4) is 0 Å². The van der Waals surface area contributed by atoms with Crippen LogP contribution < -0.4 is 4.74 Å². The molecule has 0 fully saturated rings. The Morgan fingerprint density at radius 2 is 1.79 bits per heavy atom. The van der Waals surface area contributed by atoms with Gasteiger partial charge in [0.05, 0.1) is 35.9 Å². The molecule has 142 valence electrons. The van der Waals surface area contributed by atoms with Crippen LogP contribution in [0.1, 0.15) is 6.42 Å². The van der Waals surface area contributed by atoms with Crippen molar-refractivity contribution < 1.29 is 9.13 Å². The van der Waals surface area contributed by atoms with Crippen molar-refractivity contribution in [1.82, 2.24) is 19.5 Å². The van der Waals surface area contributed by atoms with E-state index in [1.54, 1.807) is 30.7 Å². The Bertz CT molecular complexity index is 1150. The number of hydrogen-bond donors (Lipinski definition) is 0. The Morgan fingerprint density at radius 3 is 2.55 bits per heavy atom. The zero-order valence-electron chi connectivity index (χ0n) is 15.4. The topological polar surface area (TPSA) is 76.6 Å². The van der Waals surface area contributed by atoms with Gasteiger partial charge in [-0.1, -0.05) is 18.2 Å². The number of aromatic nitrogens is 4. The van der Waals surface area contributed by atoms with Crippen molar-refractivity contribution in [1.29, 1.82) is 5.26 Å². The summed E-state index contributed by atoms with van der Waals surface area (Å²) in [4.78, 5) is 13.2. The lowest BCUT2D eigenvalue weighted by atomic mass is 10.1. The fraction of sp³-hybridized carbons (Fsp3) is 0.0909. The molecule has 0 aliphatic rings. The number of rotatable bonds is 6. The highest BCUT2D eigenvalue weighted by atomic mass is 19.1. The zero-order chi connectivity index (χ0) is 20.1. The number of benzene rings is 2. The van der Waals surface area contributed by atoms with E-state index in [2.05, 4.69) is 21.0 Å². The van der Waals surface area contributed by atoms with Crippen LogP contribution >= 0.6 is 0 Å². The molecule has 0 N–H and O–H groups in total. The van der Waals surface area contributed by atoms with E-state index in [1.165, 1.54) is 12.1 Å². The Morgan fingerprint density at radius 1 is 1.00 bits per heavy atom. The van der Waals surface area contributed by atoms with Gasteiger partial charge in [0.1, 0.15) is 11.6 Å². The van der Waals surface area contributed by atoms with Gasteiger partial charge in [-0.3, -0.25) is 0 Å². The Hall–Kier alpha value is -4.05. The predicted octanol–water partition coefficient (Wildman–Crippen LogP) is 4.85. The molecule has 0 saturated heterocycles. The summed E-state index contributed by atoms with van der Waals surface area (Å²) in [6, 6.07) is 19.5. The van der Waals surface area contributed by atoms with Gasteiger partial charge in [-0.15, -0.1) is 0 Å². The maximum Gasteiger partial charge on any atom is 0.322 e. The maximum absolute atomic E-state index is 13.4. The number of nitriles is 1. The quantitative estimate of drug-likeness (QED) is 0.474. The van der Waals surface area contributed by atoms with Gasteiger partial charge in [0, 0.05) is 18.3 Å². The van der Waals surface area contributed by atoms with Crippen molar-refractivity contribution in [2.75, 3.05) is 0 Å². The minimum atomic E-state index is -0.320. The van der Waals surface area contributed by atoms with Crippen LogP contribution in [0.4, 0.5) is 4.39 Å². The predicted molar refractivity (Wildman–Crippen MR) is 105 cm³/mol. The molecular weight excluding hydrogens is 369 g/mol. The molecular formula is C22H16FN5O. The fourth-order valence-electron chi connectivity index (χ4n) is 2.93. The normalized spacial score (nSPS) is 10.5. The molecule has 6 nitrogen and oxygen atoms in total. The van der Waals surface area contributed by atoms with Crippen molar-refractivity contribution in [2.24, 2.45) is 0 Å². The Kier molecular flexibility index (Phi) is 5.25. The molecule has 4 aromatic rings. The van der Waals surface area contributed by atoms with E-state index in [-0.39, 0.29) is 11.8 Å². The third-order valence-electron chi connectivity index (χ3n) is 4.25. The molecule has 29 heavy (non-hydrogen) atoms. The second-order valence-corrected chi connectivity index (χ2v) is 6.19. The molecule has 2 heterocycles. The van der Waals surface area contributed by atoms with E-state index >= 15 is 0 Å². The molecule has 0 unspecified atom stereocenters. The molecule has 0 atom stereocenters. The lowest BCUT2D eigenvalue weighted by Crippen LogP contribution is -2.01. The van der Waals surface area contributed by atoms with Crippen LogP contribution in [-0.4, -0.2) is 19.5 Å². The van der Waals surface area contributed by atoms with Gasteiger partial charge < -0.3 is 9.30 Å². The van der Waals surface area contributed by atoms with Gasteiger partial charge in [-0.25, -0.2) is 14.4 Å². The van der Waals surface area contributed by atoms with Crippen LogP contribution in [0.25, 0.3) is 22.6 Å². The molecule has 7 heteroatoms. The molecule has 0 spiro atoms. The summed E-state index contributed by atoms with van der Waals surface area (Å²) in [7, 11) is 0. The highest BCUT2D eigenvalue weighted by molar-refractivity contribution is 5.76. The first-order chi connectivity index (χ1) is 14.2. The smallest absolute Gasteiger partial charge is 0.322 e. The summed E-state index contributed by atoms with van der Waals surface area (Å²) in [5.74, 6) is 0.307. The van der Waals surface area contributed by atoms with E-state index < -0.39 is 0 Å². The van der Waals surface area contributed by atoms with Gasteiger partial charge >= 0.3 is 6.01 Å². The second-order valence-electron chi connectivity index (χ2n) is 6.19. The van der Waals surface area contributed by atoms with Crippen LogP contribution in [0, 0.1) is 17.1 Å². The molecule has 0 saturated carbocycles. The van der Waals surface area contributed by atoms with E-state index in [1.807, 2.05) is 34.9 Å². The standard InChI is InChI=1S/C22H16FN5O/c23-17-9-7-16(8-10-17)20-21(28(15-26-20)14-4-12-24)19-11-13-25-22(27-19)29-18-5-2-1-3-6-18/h1-3,5-11,13,15H,4,14H2. The SMILES string of the molecule is N#CCCn1cnc(-c2ccc(F)cc2)c1-c1ccnc(Oc2ccccc2)n1. The van der Waals surface area contributed by atoms with Crippen molar-refractivity contribution in [3.63, 3.8) is 0 Å². The van der Waals surface area contributed by atoms with Crippen LogP contribution in [-0.2, 0) is 6.54 Å². The number of para-hydroxylation sites is 1. The average Bonchev–Trinajstić information content (AvgIpc) is 3.17. The number of aryl methyl sites for hydroxylation is 1. The van der Waals surface area contributed by atoms with E-state index in [0.717, 1.165) is 5.56 Å². The Labute approximate surface area is 166 Å².